The second-order valence-electron chi connectivity index (χ2n) is 3.02. The predicted molar refractivity (Wildman–Crippen MR) is 51.1 cm³/mol. The lowest BCUT2D eigenvalue weighted by Crippen LogP contribution is -2.29. The molecule has 0 bridgehead atoms. The highest BCUT2D eigenvalue weighted by Gasteiger charge is 2.03. The first-order valence-electron chi connectivity index (χ1n) is 4.17. The Bertz CT molecular complexity index is 200. The number of nitrogens with zero attached hydrogens (tertiary/aromatic N) is 1. The molecule has 0 aliphatic rings. The van der Waals surface area contributed by atoms with E-state index in [1.807, 2.05) is 19.0 Å². The van der Waals surface area contributed by atoms with E-state index in [-0.39, 0.29) is 5.91 Å². The number of imide groups is 1. The fraction of sp³-hybridized carbons (Fsp3) is 0.556. The molecule has 4 nitrogen and oxygen atoms in total. The predicted octanol–water partition coefficient (Wildman–Crippen LogP) is 0.157. The van der Waals surface area contributed by atoms with Crippen molar-refractivity contribution >= 4 is 11.8 Å². The summed E-state index contributed by atoms with van der Waals surface area (Å²) in [6.45, 7) is 4.09. The number of amides is 2. The minimum absolute atomic E-state index is 0.244. The second kappa shape index (κ2) is 6.37. The Morgan fingerprint density at radius 2 is 2.08 bits per heavy atom. The molecule has 4 heteroatoms. The third-order valence-corrected chi connectivity index (χ3v) is 1.46. The molecule has 0 aliphatic carbocycles. The minimum Gasteiger partial charge on any atom is -0.309 e. The lowest BCUT2D eigenvalue weighted by Gasteiger charge is -2.07. The zero-order chi connectivity index (χ0) is 10.3. The van der Waals surface area contributed by atoms with Crippen LogP contribution in [0.5, 0.6) is 0 Å². The fourth-order valence-electron chi connectivity index (χ4n) is 0.807. The molecule has 0 aromatic heterocycles. The number of carbonyl (C=O) groups is 2. The van der Waals surface area contributed by atoms with Gasteiger partial charge in [0, 0.05) is 6.42 Å². The van der Waals surface area contributed by atoms with Gasteiger partial charge in [0.2, 0.25) is 11.8 Å². The number of carbonyl (C=O) groups excluding carboxylic acids is 2. The summed E-state index contributed by atoms with van der Waals surface area (Å²) in [6, 6.07) is 0. The maximum Gasteiger partial charge on any atom is 0.249 e. The average Bonchev–Trinajstić information content (AvgIpc) is 2.03. The zero-order valence-electron chi connectivity index (χ0n) is 8.17. The first kappa shape index (κ1) is 11.8. The number of nitrogens with one attached hydrogen (secondary N) is 1. The molecule has 2 amide bonds. The van der Waals surface area contributed by atoms with Gasteiger partial charge in [0.15, 0.2) is 0 Å². The van der Waals surface area contributed by atoms with Gasteiger partial charge in [-0.3, -0.25) is 14.9 Å². The Balaban J connectivity index is 3.52. The molecule has 0 spiro atoms. The van der Waals surface area contributed by atoms with Crippen molar-refractivity contribution in [3.05, 3.63) is 12.7 Å². The molecule has 0 saturated carbocycles. The first-order valence-corrected chi connectivity index (χ1v) is 4.17. The molecule has 0 aliphatic heterocycles. The van der Waals surface area contributed by atoms with E-state index in [0.29, 0.717) is 6.42 Å². The Labute approximate surface area is 78.6 Å². The van der Waals surface area contributed by atoms with Crippen molar-refractivity contribution in [3.63, 3.8) is 0 Å². The summed E-state index contributed by atoms with van der Waals surface area (Å²) in [5.41, 5.74) is 0. The maximum atomic E-state index is 11.0. The lowest BCUT2D eigenvalue weighted by atomic mass is 10.3. The largest absolute Gasteiger partial charge is 0.309 e. The summed E-state index contributed by atoms with van der Waals surface area (Å²) >= 11 is 0. The van der Waals surface area contributed by atoms with Crippen LogP contribution in [0.1, 0.15) is 12.8 Å². The van der Waals surface area contributed by atoms with Crippen molar-refractivity contribution in [2.24, 2.45) is 0 Å². The van der Waals surface area contributed by atoms with E-state index >= 15 is 0 Å². The smallest absolute Gasteiger partial charge is 0.249 e. The van der Waals surface area contributed by atoms with Crippen molar-refractivity contribution in [2.75, 3.05) is 20.6 Å². The monoisotopic (exact) mass is 184 g/mol. The molecule has 0 atom stereocenters. The minimum atomic E-state index is -0.435. The summed E-state index contributed by atoms with van der Waals surface area (Å²) in [7, 11) is 3.87. The molecule has 0 radical (unpaired) electrons. The van der Waals surface area contributed by atoms with Gasteiger partial charge in [-0.25, -0.2) is 0 Å². The van der Waals surface area contributed by atoms with E-state index in [2.05, 4.69) is 11.9 Å². The summed E-state index contributed by atoms with van der Waals surface area (Å²) in [4.78, 5) is 23.6. The van der Waals surface area contributed by atoms with Crippen LogP contribution in [0.2, 0.25) is 0 Å². The van der Waals surface area contributed by atoms with Gasteiger partial charge in [-0.05, 0) is 33.1 Å². The third kappa shape index (κ3) is 7.21. The fourth-order valence-corrected chi connectivity index (χ4v) is 0.807. The molecule has 1 N–H and O–H groups in total. The second-order valence-corrected chi connectivity index (χ2v) is 3.02. The van der Waals surface area contributed by atoms with Gasteiger partial charge in [-0.1, -0.05) is 6.58 Å². The lowest BCUT2D eigenvalue weighted by molar-refractivity contribution is -0.128. The molecule has 0 saturated heterocycles. The van der Waals surface area contributed by atoms with Crippen molar-refractivity contribution < 1.29 is 9.59 Å². The van der Waals surface area contributed by atoms with Gasteiger partial charge in [0.25, 0.3) is 0 Å². The number of hydrogen-bond donors (Lipinski definition) is 1. The van der Waals surface area contributed by atoms with Crippen LogP contribution in [-0.4, -0.2) is 37.4 Å². The SMILES string of the molecule is C=CC(=O)NC(=O)CCCN(C)C. The van der Waals surface area contributed by atoms with Crippen LogP contribution >= 0.6 is 0 Å². The van der Waals surface area contributed by atoms with Crippen molar-refractivity contribution in [1.82, 2.24) is 10.2 Å². The van der Waals surface area contributed by atoms with Crippen molar-refractivity contribution in [2.45, 2.75) is 12.8 Å². The van der Waals surface area contributed by atoms with Crippen molar-refractivity contribution in [3.8, 4) is 0 Å². The number of rotatable bonds is 5. The van der Waals surface area contributed by atoms with E-state index in [1.165, 1.54) is 0 Å². The Hall–Kier alpha value is -1.16. The van der Waals surface area contributed by atoms with E-state index in [4.69, 9.17) is 0 Å². The van der Waals surface area contributed by atoms with Crippen LogP contribution in [0, 0.1) is 0 Å². The number of hydrogen-bond acceptors (Lipinski definition) is 3. The third-order valence-electron chi connectivity index (χ3n) is 1.46. The molecule has 0 heterocycles. The molecule has 0 unspecified atom stereocenters. The molecular formula is C9H16N2O2. The highest BCUT2D eigenvalue weighted by Crippen LogP contribution is 1.90. The summed E-state index contributed by atoms with van der Waals surface area (Å²) < 4.78 is 0. The van der Waals surface area contributed by atoms with Crippen LogP contribution in [0.25, 0.3) is 0 Å². The van der Waals surface area contributed by atoms with Crippen molar-refractivity contribution in [1.29, 1.82) is 0 Å². The van der Waals surface area contributed by atoms with Gasteiger partial charge in [-0.15, -0.1) is 0 Å². The van der Waals surface area contributed by atoms with E-state index in [0.717, 1.165) is 19.0 Å². The van der Waals surface area contributed by atoms with E-state index in [1.54, 1.807) is 0 Å². The Morgan fingerprint density at radius 3 is 2.54 bits per heavy atom. The molecular weight excluding hydrogens is 168 g/mol. The quantitative estimate of drug-likeness (QED) is 0.619. The van der Waals surface area contributed by atoms with Crippen LogP contribution < -0.4 is 5.32 Å². The maximum absolute atomic E-state index is 11.0. The topological polar surface area (TPSA) is 49.4 Å². The van der Waals surface area contributed by atoms with Gasteiger partial charge < -0.3 is 4.90 Å². The van der Waals surface area contributed by atoms with Crippen LogP contribution in [-0.2, 0) is 9.59 Å². The summed E-state index contributed by atoms with van der Waals surface area (Å²) in [5.74, 6) is -0.679. The molecule has 0 aromatic rings. The molecule has 74 valence electrons. The van der Waals surface area contributed by atoms with E-state index in [9.17, 15) is 9.59 Å². The summed E-state index contributed by atoms with van der Waals surface area (Å²) in [5, 5.41) is 2.19. The average molecular weight is 184 g/mol. The van der Waals surface area contributed by atoms with Gasteiger partial charge in [0.05, 0.1) is 0 Å². The van der Waals surface area contributed by atoms with Crippen LogP contribution in [0.15, 0.2) is 12.7 Å². The molecule has 0 fully saturated rings. The zero-order valence-corrected chi connectivity index (χ0v) is 8.17. The molecule has 0 aromatic carbocycles. The molecule has 13 heavy (non-hydrogen) atoms. The van der Waals surface area contributed by atoms with Gasteiger partial charge >= 0.3 is 0 Å². The standard InChI is InChI=1S/C9H16N2O2/c1-4-8(12)10-9(13)6-5-7-11(2)3/h4H,1,5-7H2,2-3H3,(H,10,12,13). The Kier molecular flexibility index (Phi) is 5.80. The summed E-state index contributed by atoms with van der Waals surface area (Å²) in [6.07, 6.45) is 2.21. The van der Waals surface area contributed by atoms with Gasteiger partial charge in [0.1, 0.15) is 0 Å². The highest BCUT2D eigenvalue weighted by molar-refractivity contribution is 6.00. The van der Waals surface area contributed by atoms with Crippen LogP contribution in [0.4, 0.5) is 0 Å². The normalized spacial score (nSPS) is 9.77. The first-order chi connectivity index (χ1) is 6.06. The van der Waals surface area contributed by atoms with E-state index < -0.39 is 5.91 Å². The molecule has 0 rings (SSSR count). The van der Waals surface area contributed by atoms with Crippen LogP contribution in [0.3, 0.4) is 0 Å². The Morgan fingerprint density at radius 1 is 1.46 bits per heavy atom. The van der Waals surface area contributed by atoms with Gasteiger partial charge in [-0.2, -0.15) is 0 Å². The highest BCUT2D eigenvalue weighted by atomic mass is 16.2.